The van der Waals surface area contributed by atoms with Crippen LogP contribution < -0.4 is 15.4 Å². The number of aliphatic imine (C=N–C) groups is 1. The highest BCUT2D eigenvalue weighted by Gasteiger charge is 2.09. The van der Waals surface area contributed by atoms with Crippen LogP contribution in [0.15, 0.2) is 47.6 Å². The van der Waals surface area contributed by atoms with Gasteiger partial charge in [-0.25, -0.2) is 14.4 Å². The lowest BCUT2D eigenvalue weighted by atomic mass is 10.3. The summed E-state index contributed by atoms with van der Waals surface area (Å²) in [6.45, 7) is 8.72. The van der Waals surface area contributed by atoms with Crippen molar-refractivity contribution < 1.29 is 13.9 Å². The normalized spacial score (nSPS) is 15.2. The van der Waals surface area contributed by atoms with Crippen LogP contribution in [0.25, 0.3) is 0 Å². The largest absolute Gasteiger partial charge is 0.439 e. The molecule has 1 saturated heterocycles. The molecule has 0 unspecified atom stereocenters. The first-order valence-electron chi connectivity index (χ1n) is 9.93. The lowest BCUT2D eigenvalue weighted by Gasteiger charge is -2.26. The van der Waals surface area contributed by atoms with E-state index in [2.05, 4.69) is 25.5 Å². The molecule has 1 aromatic carbocycles. The quantitative estimate of drug-likeness (QED) is 0.523. The molecule has 2 aromatic rings. The van der Waals surface area contributed by atoms with E-state index in [0.717, 1.165) is 57.5 Å². The Balaban J connectivity index is 1.48. The first kappa shape index (κ1) is 21.0. The third-order valence-electron chi connectivity index (χ3n) is 4.42. The van der Waals surface area contributed by atoms with Gasteiger partial charge in [0.25, 0.3) is 0 Å². The van der Waals surface area contributed by atoms with Crippen LogP contribution in [-0.4, -0.2) is 61.8 Å². The number of hydrogen-bond donors (Lipinski definition) is 2. The van der Waals surface area contributed by atoms with Gasteiger partial charge in [0.05, 0.1) is 19.8 Å². The molecule has 0 amide bonds. The summed E-state index contributed by atoms with van der Waals surface area (Å²) >= 11 is 0. The van der Waals surface area contributed by atoms with E-state index in [1.807, 2.05) is 13.0 Å². The van der Waals surface area contributed by atoms with Crippen molar-refractivity contribution >= 4 is 5.96 Å². The molecule has 0 spiro atoms. The summed E-state index contributed by atoms with van der Waals surface area (Å²) in [7, 11) is 0. The van der Waals surface area contributed by atoms with E-state index in [-0.39, 0.29) is 5.82 Å². The van der Waals surface area contributed by atoms with Gasteiger partial charge in [-0.15, -0.1) is 0 Å². The third kappa shape index (κ3) is 7.32. The van der Waals surface area contributed by atoms with Crippen molar-refractivity contribution in [3.05, 3.63) is 54.0 Å². The first-order valence-corrected chi connectivity index (χ1v) is 9.93. The Morgan fingerprint density at radius 3 is 2.66 bits per heavy atom. The standard InChI is InChI=1S/C21H28FN5O2/c1-2-23-21(24-9-10-27-11-13-28-14-12-27)26-16-17-3-8-20(25-15-17)29-19-6-4-18(22)5-7-19/h3-8,15H,2,9-14,16H2,1H3,(H2,23,24,26). The summed E-state index contributed by atoms with van der Waals surface area (Å²) in [5, 5.41) is 6.63. The Morgan fingerprint density at radius 2 is 1.97 bits per heavy atom. The van der Waals surface area contributed by atoms with E-state index in [0.29, 0.717) is 18.2 Å². The van der Waals surface area contributed by atoms with Crippen LogP contribution >= 0.6 is 0 Å². The summed E-state index contributed by atoms with van der Waals surface area (Å²) in [4.78, 5) is 11.3. The average Bonchev–Trinajstić information content (AvgIpc) is 2.75. The molecule has 0 saturated carbocycles. The minimum atomic E-state index is -0.298. The number of aromatic nitrogens is 1. The Kier molecular flexibility index (Phi) is 8.21. The molecular formula is C21H28FN5O2. The fourth-order valence-corrected chi connectivity index (χ4v) is 2.86. The zero-order valence-corrected chi connectivity index (χ0v) is 16.7. The van der Waals surface area contributed by atoms with Gasteiger partial charge in [-0.1, -0.05) is 6.07 Å². The van der Waals surface area contributed by atoms with Crippen molar-refractivity contribution in [1.29, 1.82) is 0 Å². The summed E-state index contributed by atoms with van der Waals surface area (Å²) in [6, 6.07) is 9.56. The van der Waals surface area contributed by atoms with Crippen LogP contribution in [0.5, 0.6) is 11.6 Å². The lowest BCUT2D eigenvalue weighted by Crippen LogP contribution is -2.44. The monoisotopic (exact) mass is 401 g/mol. The maximum Gasteiger partial charge on any atom is 0.219 e. The van der Waals surface area contributed by atoms with Gasteiger partial charge in [-0.05, 0) is 36.8 Å². The van der Waals surface area contributed by atoms with Crippen molar-refractivity contribution in [2.75, 3.05) is 45.9 Å². The van der Waals surface area contributed by atoms with E-state index in [4.69, 9.17) is 9.47 Å². The van der Waals surface area contributed by atoms with Crippen LogP contribution in [0.4, 0.5) is 4.39 Å². The Labute approximate surface area is 170 Å². The summed E-state index contributed by atoms with van der Waals surface area (Å²) in [5.41, 5.74) is 0.974. The van der Waals surface area contributed by atoms with Gasteiger partial charge in [-0.3, -0.25) is 4.90 Å². The van der Waals surface area contributed by atoms with Crippen LogP contribution in [0.3, 0.4) is 0 Å². The Bertz CT molecular complexity index is 762. The van der Waals surface area contributed by atoms with E-state index < -0.39 is 0 Å². The van der Waals surface area contributed by atoms with E-state index in [1.165, 1.54) is 12.1 Å². The van der Waals surface area contributed by atoms with Crippen LogP contribution in [0, 0.1) is 5.82 Å². The fraction of sp³-hybridized carbons (Fsp3) is 0.429. The molecule has 1 aliphatic rings. The van der Waals surface area contributed by atoms with E-state index >= 15 is 0 Å². The van der Waals surface area contributed by atoms with Gasteiger partial charge >= 0.3 is 0 Å². The molecule has 29 heavy (non-hydrogen) atoms. The number of nitrogens with zero attached hydrogens (tertiary/aromatic N) is 3. The number of benzene rings is 1. The third-order valence-corrected chi connectivity index (χ3v) is 4.42. The zero-order valence-electron chi connectivity index (χ0n) is 16.7. The highest BCUT2D eigenvalue weighted by Crippen LogP contribution is 2.19. The molecule has 0 atom stereocenters. The molecule has 2 heterocycles. The van der Waals surface area contributed by atoms with Gasteiger partial charge in [0.1, 0.15) is 11.6 Å². The van der Waals surface area contributed by atoms with Crippen molar-refractivity contribution in [2.45, 2.75) is 13.5 Å². The number of pyridine rings is 1. The smallest absolute Gasteiger partial charge is 0.219 e. The second-order valence-electron chi connectivity index (χ2n) is 6.64. The van der Waals surface area contributed by atoms with Crippen LogP contribution in [0.1, 0.15) is 12.5 Å². The molecule has 0 bridgehead atoms. The van der Waals surface area contributed by atoms with Gasteiger partial charge < -0.3 is 20.1 Å². The van der Waals surface area contributed by atoms with Gasteiger partial charge in [-0.2, -0.15) is 0 Å². The Hall–Kier alpha value is -2.71. The summed E-state index contributed by atoms with van der Waals surface area (Å²) < 4.78 is 23.9. The maximum atomic E-state index is 13.0. The first-order chi connectivity index (χ1) is 14.2. The number of hydrogen-bond acceptors (Lipinski definition) is 5. The molecule has 8 heteroatoms. The molecular weight excluding hydrogens is 373 g/mol. The minimum Gasteiger partial charge on any atom is -0.439 e. The molecule has 2 N–H and O–H groups in total. The van der Waals surface area contributed by atoms with Crippen LogP contribution in [-0.2, 0) is 11.3 Å². The predicted molar refractivity (Wildman–Crippen MR) is 111 cm³/mol. The predicted octanol–water partition coefficient (Wildman–Crippen LogP) is 2.40. The van der Waals surface area contributed by atoms with Crippen molar-refractivity contribution in [3.63, 3.8) is 0 Å². The number of nitrogens with one attached hydrogen (secondary N) is 2. The van der Waals surface area contributed by atoms with E-state index in [1.54, 1.807) is 24.4 Å². The highest BCUT2D eigenvalue weighted by molar-refractivity contribution is 5.79. The molecule has 1 aliphatic heterocycles. The lowest BCUT2D eigenvalue weighted by molar-refractivity contribution is 0.0389. The van der Waals surface area contributed by atoms with E-state index in [9.17, 15) is 4.39 Å². The van der Waals surface area contributed by atoms with Gasteiger partial charge in [0, 0.05) is 45.0 Å². The Morgan fingerprint density at radius 1 is 1.17 bits per heavy atom. The maximum absolute atomic E-state index is 13.0. The summed E-state index contributed by atoms with van der Waals surface area (Å²) in [6.07, 6.45) is 1.74. The SMILES string of the molecule is CCNC(=NCc1ccc(Oc2ccc(F)cc2)nc1)NCCN1CCOCC1. The number of halogens is 1. The van der Waals surface area contributed by atoms with Crippen molar-refractivity contribution in [3.8, 4) is 11.6 Å². The van der Waals surface area contributed by atoms with Crippen LogP contribution in [0.2, 0.25) is 0 Å². The topological polar surface area (TPSA) is 71.0 Å². The number of morpholine rings is 1. The van der Waals surface area contributed by atoms with Gasteiger partial charge in [0.15, 0.2) is 5.96 Å². The molecule has 3 rings (SSSR count). The number of ether oxygens (including phenoxy) is 2. The van der Waals surface area contributed by atoms with Crippen molar-refractivity contribution in [1.82, 2.24) is 20.5 Å². The molecule has 1 aromatic heterocycles. The van der Waals surface area contributed by atoms with Gasteiger partial charge in [0.2, 0.25) is 5.88 Å². The second-order valence-corrected chi connectivity index (χ2v) is 6.64. The summed E-state index contributed by atoms with van der Waals surface area (Å²) in [5.74, 6) is 1.49. The molecule has 0 aliphatic carbocycles. The molecule has 1 fully saturated rings. The zero-order chi connectivity index (χ0) is 20.3. The fourth-order valence-electron chi connectivity index (χ4n) is 2.86. The van der Waals surface area contributed by atoms with Crippen molar-refractivity contribution in [2.24, 2.45) is 4.99 Å². The molecule has 156 valence electrons. The second kappa shape index (κ2) is 11.3. The highest BCUT2D eigenvalue weighted by atomic mass is 19.1. The number of guanidine groups is 1. The average molecular weight is 401 g/mol. The minimum absolute atomic E-state index is 0.298. The molecule has 0 radical (unpaired) electrons. The number of rotatable bonds is 8. The molecule has 7 nitrogen and oxygen atoms in total.